The van der Waals surface area contributed by atoms with E-state index in [0.717, 1.165) is 16.9 Å². The normalized spacial score (nSPS) is 12.7. The lowest BCUT2D eigenvalue weighted by Gasteiger charge is -2.09. The van der Waals surface area contributed by atoms with Crippen molar-refractivity contribution in [1.29, 1.82) is 0 Å². The van der Waals surface area contributed by atoms with Crippen molar-refractivity contribution in [1.82, 2.24) is 0 Å². The van der Waals surface area contributed by atoms with Gasteiger partial charge in [0.25, 0.3) is 0 Å². The van der Waals surface area contributed by atoms with Gasteiger partial charge in [0, 0.05) is 17.0 Å². The number of benzene rings is 1. The molecule has 0 aliphatic carbocycles. The van der Waals surface area contributed by atoms with Crippen LogP contribution in [-0.2, 0) is 6.42 Å². The summed E-state index contributed by atoms with van der Waals surface area (Å²) in [6.45, 7) is 1.85. The van der Waals surface area contributed by atoms with Gasteiger partial charge < -0.3 is 9.52 Å². The van der Waals surface area contributed by atoms with E-state index in [1.54, 1.807) is 12.3 Å². The molecule has 1 aromatic heterocycles. The molecule has 0 bridgehead atoms. The van der Waals surface area contributed by atoms with Crippen molar-refractivity contribution in [3.8, 4) is 0 Å². The van der Waals surface area contributed by atoms with Crippen molar-refractivity contribution in [2.24, 2.45) is 0 Å². The van der Waals surface area contributed by atoms with Gasteiger partial charge in [-0.3, -0.25) is 0 Å². The highest BCUT2D eigenvalue weighted by Gasteiger charge is 2.13. The molecule has 1 unspecified atom stereocenters. The minimum Gasteiger partial charge on any atom is -0.469 e. The Kier molecular flexibility index (Phi) is 3.32. The first-order valence-electron chi connectivity index (χ1n) is 5.13. The first-order valence-corrected chi connectivity index (χ1v) is 5.51. The van der Waals surface area contributed by atoms with Crippen LogP contribution in [0.15, 0.2) is 41.0 Å². The van der Waals surface area contributed by atoms with Crippen LogP contribution in [0.4, 0.5) is 0 Å². The highest BCUT2D eigenvalue weighted by Crippen LogP contribution is 2.22. The summed E-state index contributed by atoms with van der Waals surface area (Å²) in [5.41, 5.74) is 1.90. The fourth-order valence-electron chi connectivity index (χ4n) is 1.69. The van der Waals surface area contributed by atoms with Crippen molar-refractivity contribution in [2.75, 3.05) is 0 Å². The van der Waals surface area contributed by atoms with Crippen LogP contribution >= 0.6 is 11.6 Å². The molecular weight excluding hydrogens is 224 g/mol. The van der Waals surface area contributed by atoms with Gasteiger partial charge in [0.05, 0.1) is 12.4 Å². The summed E-state index contributed by atoms with van der Waals surface area (Å²) in [5, 5.41) is 10.7. The van der Waals surface area contributed by atoms with Gasteiger partial charge >= 0.3 is 0 Å². The molecule has 84 valence electrons. The minimum atomic E-state index is -0.528. The maximum absolute atomic E-state index is 10.0. The summed E-state index contributed by atoms with van der Waals surface area (Å²) >= 11 is 5.80. The molecule has 1 atom stereocenters. The van der Waals surface area contributed by atoms with Gasteiger partial charge in [-0.2, -0.15) is 0 Å². The highest BCUT2D eigenvalue weighted by molar-refractivity contribution is 6.30. The highest BCUT2D eigenvalue weighted by atomic mass is 35.5. The Morgan fingerprint density at radius 2 is 1.94 bits per heavy atom. The Labute approximate surface area is 99.5 Å². The van der Waals surface area contributed by atoms with Crippen LogP contribution in [0.2, 0.25) is 5.02 Å². The first kappa shape index (κ1) is 11.2. The van der Waals surface area contributed by atoms with Gasteiger partial charge in [-0.1, -0.05) is 23.7 Å². The molecule has 0 saturated heterocycles. The second-order valence-corrected chi connectivity index (χ2v) is 4.21. The van der Waals surface area contributed by atoms with E-state index in [9.17, 15) is 5.11 Å². The van der Waals surface area contributed by atoms with E-state index in [2.05, 4.69) is 0 Å². The summed E-state index contributed by atoms with van der Waals surface area (Å²) in [6, 6.07) is 9.29. The number of hydrogen-bond donors (Lipinski definition) is 1. The predicted octanol–water partition coefficient (Wildman–Crippen LogP) is 3.52. The van der Waals surface area contributed by atoms with Gasteiger partial charge in [-0.25, -0.2) is 0 Å². The standard InChI is InChI=1S/C13H13ClO2/c1-9-12(6-7-16-9)13(15)8-10-2-4-11(14)5-3-10/h2-7,13,15H,8H2,1H3. The Morgan fingerprint density at radius 3 is 2.50 bits per heavy atom. The number of aliphatic hydroxyl groups is 1. The van der Waals surface area contributed by atoms with E-state index < -0.39 is 6.10 Å². The molecule has 1 N–H and O–H groups in total. The molecule has 2 nitrogen and oxygen atoms in total. The Hall–Kier alpha value is -1.25. The predicted molar refractivity (Wildman–Crippen MR) is 63.6 cm³/mol. The maximum Gasteiger partial charge on any atom is 0.106 e. The van der Waals surface area contributed by atoms with Crippen molar-refractivity contribution in [3.05, 3.63) is 58.5 Å². The number of furan rings is 1. The van der Waals surface area contributed by atoms with Crippen LogP contribution in [-0.4, -0.2) is 5.11 Å². The number of halogens is 1. The molecule has 3 heteroatoms. The zero-order chi connectivity index (χ0) is 11.5. The lowest BCUT2D eigenvalue weighted by Crippen LogP contribution is -2.01. The Morgan fingerprint density at radius 1 is 1.25 bits per heavy atom. The zero-order valence-corrected chi connectivity index (χ0v) is 9.74. The van der Waals surface area contributed by atoms with Crippen LogP contribution < -0.4 is 0 Å². The topological polar surface area (TPSA) is 33.4 Å². The second kappa shape index (κ2) is 4.73. The fourth-order valence-corrected chi connectivity index (χ4v) is 1.82. The molecule has 1 aromatic carbocycles. The van der Waals surface area contributed by atoms with E-state index in [1.165, 1.54) is 0 Å². The van der Waals surface area contributed by atoms with E-state index in [-0.39, 0.29) is 0 Å². The Balaban J connectivity index is 2.10. The average molecular weight is 237 g/mol. The molecule has 2 rings (SSSR count). The summed E-state index contributed by atoms with van der Waals surface area (Å²) < 4.78 is 5.16. The van der Waals surface area contributed by atoms with Crippen molar-refractivity contribution >= 4 is 11.6 Å². The number of hydrogen-bond acceptors (Lipinski definition) is 2. The van der Waals surface area contributed by atoms with E-state index in [4.69, 9.17) is 16.0 Å². The molecule has 16 heavy (non-hydrogen) atoms. The largest absolute Gasteiger partial charge is 0.469 e. The molecule has 0 fully saturated rings. The van der Waals surface area contributed by atoms with Gasteiger partial charge in [0.2, 0.25) is 0 Å². The smallest absolute Gasteiger partial charge is 0.106 e. The lowest BCUT2D eigenvalue weighted by atomic mass is 10.0. The molecular formula is C13H13ClO2. The molecule has 0 saturated carbocycles. The van der Waals surface area contributed by atoms with Gasteiger partial charge in [-0.15, -0.1) is 0 Å². The lowest BCUT2D eigenvalue weighted by molar-refractivity contribution is 0.176. The van der Waals surface area contributed by atoms with E-state index >= 15 is 0 Å². The average Bonchev–Trinajstić information content (AvgIpc) is 2.68. The van der Waals surface area contributed by atoms with E-state index in [0.29, 0.717) is 11.4 Å². The van der Waals surface area contributed by atoms with Crippen LogP contribution in [0.1, 0.15) is 23.0 Å². The van der Waals surface area contributed by atoms with Crippen LogP contribution in [0.25, 0.3) is 0 Å². The molecule has 0 amide bonds. The molecule has 0 spiro atoms. The second-order valence-electron chi connectivity index (χ2n) is 3.78. The van der Waals surface area contributed by atoms with Crippen LogP contribution in [0, 0.1) is 6.92 Å². The van der Waals surface area contributed by atoms with Gasteiger partial charge in [-0.05, 0) is 30.7 Å². The third-order valence-electron chi connectivity index (χ3n) is 2.60. The molecule has 0 aliphatic heterocycles. The first-order chi connectivity index (χ1) is 7.66. The monoisotopic (exact) mass is 236 g/mol. The van der Waals surface area contributed by atoms with Gasteiger partial charge in [0.1, 0.15) is 5.76 Å². The van der Waals surface area contributed by atoms with Crippen molar-refractivity contribution < 1.29 is 9.52 Å². The summed E-state index contributed by atoms with van der Waals surface area (Å²) in [7, 11) is 0. The summed E-state index contributed by atoms with van der Waals surface area (Å²) in [4.78, 5) is 0. The minimum absolute atomic E-state index is 0.528. The summed E-state index contributed by atoms with van der Waals surface area (Å²) in [6.07, 6.45) is 1.63. The quantitative estimate of drug-likeness (QED) is 0.885. The molecule has 2 aromatic rings. The van der Waals surface area contributed by atoms with E-state index in [1.807, 2.05) is 31.2 Å². The van der Waals surface area contributed by atoms with Crippen molar-refractivity contribution in [3.63, 3.8) is 0 Å². The number of aryl methyl sites for hydroxylation is 1. The Bertz CT molecular complexity index is 459. The fraction of sp³-hybridized carbons (Fsp3) is 0.231. The number of aliphatic hydroxyl groups excluding tert-OH is 1. The molecule has 1 heterocycles. The summed E-state index contributed by atoms with van der Waals surface area (Å²) in [5.74, 6) is 0.765. The maximum atomic E-state index is 10.0. The SMILES string of the molecule is Cc1occc1C(O)Cc1ccc(Cl)cc1. The third kappa shape index (κ3) is 2.46. The third-order valence-corrected chi connectivity index (χ3v) is 2.85. The van der Waals surface area contributed by atoms with Crippen molar-refractivity contribution in [2.45, 2.75) is 19.4 Å². The molecule has 0 aliphatic rings. The van der Waals surface area contributed by atoms with Crippen LogP contribution in [0.3, 0.4) is 0 Å². The molecule has 0 radical (unpaired) electrons. The number of rotatable bonds is 3. The zero-order valence-electron chi connectivity index (χ0n) is 8.98. The van der Waals surface area contributed by atoms with Crippen LogP contribution in [0.5, 0.6) is 0 Å². The van der Waals surface area contributed by atoms with Gasteiger partial charge in [0.15, 0.2) is 0 Å².